The largest absolute Gasteiger partial charge is 0.495 e. The summed E-state index contributed by atoms with van der Waals surface area (Å²) in [5.41, 5.74) is 0.671. The van der Waals surface area contributed by atoms with Gasteiger partial charge in [-0.05, 0) is 56.1 Å². The van der Waals surface area contributed by atoms with Gasteiger partial charge in [0.05, 0.1) is 30.2 Å². The minimum absolute atomic E-state index is 0.0880. The average Bonchev–Trinajstić information content (AvgIpc) is 2.73. The molecule has 2 aliphatic rings. The quantitative estimate of drug-likeness (QED) is 0.728. The van der Waals surface area contributed by atoms with Crippen molar-refractivity contribution in [2.75, 3.05) is 13.7 Å². The van der Waals surface area contributed by atoms with Gasteiger partial charge in [-0.15, -0.1) is 0 Å². The normalized spacial score (nSPS) is 27.2. The van der Waals surface area contributed by atoms with Crippen molar-refractivity contribution in [2.45, 2.75) is 57.3 Å². The zero-order valence-electron chi connectivity index (χ0n) is 17.5. The van der Waals surface area contributed by atoms with Gasteiger partial charge in [-0.2, -0.15) is 18.4 Å². The molecular formula is C22H26ClF3N2O3. The van der Waals surface area contributed by atoms with Gasteiger partial charge in [0.25, 0.3) is 0 Å². The molecule has 1 N–H and O–H groups in total. The predicted octanol–water partition coefficient (Wildman–Crippen LogP) is 4.34. The number of fused-ring (bicyclic) bond motifs is 1. The fraction of sp³-hybridized carbons (Fsp3) is 0.636. The number of ether oxygens (including phenoxy) is 1. The first-order valence-electron chi connectivity index (χ1n) is 10.4. The Morgan fingerprint density at radius 2 is 2.06 bits per heavy atom. The Morgan fingerprint density at radius 3 is 2.68 bits per heavy atom. The van der Waals surface area contributed by atoms with E-state index in [1.165, 1.54) is 7.11 Å². The van der Waals surface area contributed by atoms with E-state index >= 15 is 0 Å². The first kappa shape index (κ1) is 23.7. The van der Waals surface area contributed by atoms with Gasteiger partial charge in [-0.25, -0.2) is 0 Å². The molecule has 3 rings (SSSR count). The van der Waals surface area contributed by atoms with Crippen LogP contribution in [0.15, 0.2) is 12.1 Å². The highest BCUT2D eigenvalue weighted by Crippen LogP contribution is 2.47. The van der Waals surface area contributed by atoms with E-state index in [1.54, 1.807) is 17.0 Å². The smallest absolute Gasteiger partial charge is 0.414 e. The number of aliphatic hydroxyl groups is 1. The highest BCUT2D eigenvalue weighted by Gasteiger charge is 2.51. The first-order chi connectivity index (χ1) is 14.6. The van der Waals surface area contributed by atoms with Gasteiger partial charge in [0.1, 0.15) is 5.75 Å². The fourth-order valence-electron chi connectivity index (χ4n) is 5.36. The lowest BCUT2D eigenvalue weighted by atomic mass is 9.64. The Hall–Kier alpha value is -1.98. The number of piperidine rings is 1. The summed E-state index contributed by atoms with van der Waals surface area (Å²) in [5, 5.41) is 19.5. The number of likely N-dealkylation sites (tertiary alicyclic amines) is 1. The predicted molar refractivity (Wildman–Crippen MR) is 109 cm³/mol. The maximum absolute atomic E-state index is 13.1. The number of carbonyl (C=O) groups excluding carboxylic acids is 1. The van der Waals surface area contributed by atoms with Crippen LogP contribution in [0, 0.1) is 29.1 Å². The number of alkyl halides is 3. The molecule has 1 amide bonds. The number of rotatable bonds is 4. The molecule has 1 saturated heterocycles. The summed E-state index contributed by atoms with van der Waals surface area (Å²) in [5.74, 6) is -1.08. The first-order valence-corrected chi connectivity index (χ1v) is 10.8. The van der Waals surface area contributed by atoms with Crippen molar-refractivity contribution in [3.8, 4) is 11.8 Å². The Bertz CT molecular complexity index is 871. The van der Waals surface area contributed by atoms with Crippen LogP contribution in [0.1, 0.15) is 43.7 Å². The van der Waals surface area contributed by atoms with E-state index in [4.69, 9.17) is 16.3 Å². The minimum Gasteiger partial charge on any atom is -0.495 e. The van der Waals surface area contributed by atoms with Crippen LogP contribution in [0.4, 0.5) is 13.2 Å². The van der Waals surface area contributed by atoms with Crippen LogP contribution < -0.4 is 4.74 Å². The molecule has 1 saturated carbocycles. The molecule has 31 heavy (non-hydrogen) atoms. The summed E-state index contributed by atoms with van der Waals surface area (Å²) >= 11 is 6.34. The third kappa shape index (κ3) is 4.63. The van der Waals surface area contributed by atoms with E-state index in [2.05, 4.69) is 0 Å². The lowest BCUT2D eigenvalue weighted by molar-refractivity contribution is -0.233. The van der Waals surface area contributed by atoms with Crippen LogP contribution in [0.2, 0.25) is 5.02 Å². The van der Waals surface area contributed by atoms with Crippen molar-refractivity contribution in [2.24, 2.45) is 17.8 Å². The zero-order chi connectivity index (χ0) is 22.9. The molecular weight excluding hydrogens is 433 g/mol. The van der Waals surface area contributed by atoms with E-state index < -0.39 is 18.2 Å². The number of methoxy groups -OCH3 is 1. The number of hydrogen-bond acceptors (Lipinski definition) is 4. The second-order valence-electron chi connectivity index (χ2n) is 8.42. The fourth-order valence-corrected chi connectivity index (χ4v) is 5.67. The van der Waals surface area contributed by atoms with E-state index in [-0.39, 0.29) is 40.8 Å². The van der Waals surface area contributed by atoms with Gasteiger partial charge in [0.2, 0.25) is 5.91 Å². The maximum Gasteiger partial charge on any atom is 0.414 e. The van der Waals surface area contributed by atoms with Crippen molar-refractivity contribution < 1.29 is 27.8 Å². The summed E-state index contributed by atoms with van der Waals surface area (Å²) in [4.78, 5) is 14.8. The van der Waals surface area contributed by atoms with Gasteiger partial charge in [0, 0.05) is 18.2 Å². The number of nitrogens with zero attached hydrogens (tertiary/aromatic N) is 2. The number of nitriles is 1. The molecule has 2 fully saturated rings. The molecule has 1 aromatic carbocycles. The molecule has 0 radical (unpaired) electrons. The van der Waals surface area contributed by atoms with Gasteiger partial charge in [-0.1, -0.05) is 18.0 Å². The lowest BCUT2D eigenvalue weighted by Gasteiger charge is -2.50. The highest BCUT2D eigenvalue weighted by molar-refractivity contribution is 6.33. The molecule has 0 bridgehead atoms. The van der Waals surface area contributed by atoms with Crippen molar-refractivity contribution in [1.82, 2.24) is 4.90 Å². The summed E-state index contributed by atoms with van der Waals surface area (Å²) in [7, 11) is 1.45. The molecule has 5 atom stereocenters. The third-order valence-electron chi connectivity index (χ3n) is 6.93. The van der Waals surface area contributed by atoms with Crippen molar-refractivity contribution in [3.63, 3.8) is 0 Å². The molecule has 0 spiro atoms. The van der Waals surface area contributed by atoms with E-state index in [0.29, 0.717) is 37.1 Å². The summed E-state index contributed by atoms with van der Waals surface area (Å²) < 4.78 is 44.6. The molecule has 170 valence electrons. The summed E-state index contributed by atoms with van der Waals surface area (Å²) in [6.07, 6.45) is -4.99. The Balaban J connectivity index is 1.78. The van der Waals surface area contributed by atoms with Gasteiger partial charge in [0.15, 0.2) is 6.10 Å². The Kier molecular flexibility index (Phi) is 7.07. The van der Waals surface area contributed by atoms with Crippen molar-refractivity contribution in [3.05, 3.63) is 28.3 Å². The number of amides is 1. The van der Waals surface area contributed by atoms with Crippen molar-refractivity contribution >= 4 is 17.5 Å². The second kappa shape index (κ2) is 9.25. The van der Waals surface area contributed by atoms with Crippen LogP contribution in [-0.4, -0.2) is 47.9 Å². The zero-order valence-corrected chi connectivity index (χ0v) is 18.2. The van der Waals surface area contributed by atoms with E-state index in [0.717, 1.165) is 6.42 Å². The van der Waals surface area contributed by atoms with E-state index in [9.17, 15) is 28.3 Å². The average molecular weight is 459 g/mol. The number of hydrogen-bond donors (Lipinski definition) is 1. The molecule has 1 heterocycles. The van der Waals surface area contributed by atoms with Crippen LogP contribution in [0.25, 0.3) is 0 Å². The van der Waals surface area contributed by atoms with Gasteiger partial charge in [-0.3, -0.25) is 4.79 Å². The van der Waals surface area contributed by atoms with Gasteiger partial charge >= 0.3 is 6.18 Å². The Morgan fingerprint density at radius 1 is 1.35 bits per heavy atom. The maximum atomic E-state index is 13.1. The lowest BCUT2D eigenvalue weighted by Crippen LogP contribution is -2.55. The van der Waals surface area contributed by atoms with Gasteiger partial charge < -0.3 is 14.7 Å². The SMILES string of the molecule is COc1ccc(C#N)c(CC(=O)N2CC[C@H]3[C@H]([C@H](O)C(F)(F)F)CCC[C@@H]3[C@@H]2C)c1Cl. The highest BCUT2D eigenvalue weighted by atomic mass is 35.5. The number of aliphatic hydroxyl groups excluding tert-OH is 1. The van der Waals surface area contributed by atoms with Crippen molar-refractivity contribution in [1.29, 1.82) is 5.26 Å². The molecule has 5 nitrogen and oxygen atoms in total. The molecule has 1 aromatic rings. The number of halogens is 4. The second-order valence-corrected chi connectivity index (χ2v) is 8.80. The topological polar surface area (TPSA) is 73.6 Å². The Labute approximate surface area is 184 Å². The third-order valence-corrected chi connectivity index (χ3v) is 7.34. The standard InChI is InChI=1S/C22H26ClF3N2O3/c1-12-14-4-3-5-16(21(30)22(24,25)26)15(14)8-9-28(12)19(29)10-17-13(11-27)6-7-18(31-2)20(17)23/h6-7,12,14-16,21,30H,3-5,8-10H2,1-2H3/t12-,14+,15+,16+,21-/m0/s1. The molecule has 0 aromatic heterocycles. The van der Waals surface area contributed by atoms with Crippen LogP contribution in [0.3, 0.4) is 0 Å². The van der Waals surface area contributed by atoms with Crippen LogP contribution >= 0.6 is 11.6 Å². The van der Waals surface area contributed by atoms with E-state index in [1.807, 2.05) is 13.0 Å². The summed E-state index contributed by atoms with van der Waals surface area (Å²) in [6, 6.07) is 4.90. The summed E-state index contributed by atoms with van der Waals surface area (Å²) in [6.45, 7) is 2.17. The monoisotopic (exact) mass is 458 g/mol. The molecule has 1 aliphatic carbocycles. The number of benzene rings is 1. The number of carbonyl (C=O) groups is 1. The minimum atomic E-state index is -4.64. The molecule has 9 heteroatoms. The van der Waals surface area contributed by atoms with Crippen LogP contribution in [-0.2, 0) is 11.2 Å². The van der Waals surface area contributed by atoms with Crippen LogP contribution in [0.5, 0.6) is 5.75 Å². The molecule has 1 aliphatic heterocycles. The molecule has 0 unspecified atom stereocenters.